The molecule has 1 unspecified atom stereocenters. The van der Waals surface area contributed by atoms with E-state index >= 15 is 0 Å². The van der Waals surface area contributed by atoms with Gasteiger partial charge in [-0.2, -0.15) is 0 Å². The fraction of sp³-hybridized carbons (Fsp3) is 1.00. The Kier molecular flexibility index (Phi) is 4.15. The molecule has 4 fully saturated rings. The number of rotatable bonds is 1. The van der Waals surface area contributed by atoms with Crippen molar-refractivity contribution in [3.05, 3.63) is 0 Å². The minimum absolute atomic E-state index is 0.112. The molecule has 0 heterocycles. The van der Waals surface area contributed by atoms with Gasteiger partial charge in [-0.3, -0.25) is 0 Å². The van der Waals surface area contributed by atoms with E-state index in [2.05, 4.69) is 13.8 Å². The van der Waals surface area contributed by atoms with E-state index in [1.54, 1.807) is 0 Å². The SMILES string of the molecule is CC(O)[C@H]1CC[C@H]2[C@@H]3CC[C@H]4C[C@](C)(O)CC[C@]4(C)[C@H]3C[C@@H](O)[C@]12C. The topological polar surface area (TPSA) is 60.7 Å². The first kappa shape index (κ1) is 18.3. The molecule has 4 aliphatic rings. The van der Waals surface area contributed by atoms with E-state index in [0.29, 0.717) is 23.7 Å². The number of fused-ring (bicyclic) bond motifs is 5. The van der Waals surface area contributed by atoms with Crippen molar-refractivity contribution in [1.82, 2.24) is 0 Å². The maximum Gasteiger partial charge on any atom is 0.0622 e. The van der Waals surface area contributed by atoms with E-state index in [0.717, 1.165) is 32.1 Å². The lowest BCUT2D eigenvalue weighted by Gasteiger charge is -2.63. The second kappa shape index (κ2) is 5.69. The Morgan fingerprint density at radius 3 is 2.36 bits per heavy atom. The van der Waals surface area contributed by atoms with Gasteiger partial charge in [-0.15, -0.1) is 0 Å². The first-order chi connectivity index (χ1) is 11.6. The summed E-state index contributed by atoms with van der Waals surface area (Å²) < 4.78 is 0. The highest BCUT2D eigenvalue weighted by atomic mass is 16.3. The minimum atomic E-state index is -0.496. The van der Waals surface area contributed by atoms with E-state index < -0.39 is 5.60 Å². The molecule has 0 amide bonds. The van der Waals surface area contributed by atoms with Gasteiger partial charge in [0.05, 0.1) is 17.8 Å². The van der Waals surface area contributed by atoms with Crippen LogP contribution in [0.3, 0.4) is 0 Å². The molecular formula is C22H38O3. The van der Waals surface area contributed by atoms with Gasteiger partial charge in [0.1, 0.15) is 0 Å². The summed E-state index contributed by atoms with van der Waals surface area (Å²) in [5, 5.41) is 32.2. The summed E-state index contributed by atoms with van der Waals surface area (Å²) >= 11 is 0. The van der Waals surface area contributed by atoms with Crippen LogP contribution < -0.4 is 0 Å². The lowest BCUT2D eigenvalue weighted by Crippen LogP contribution is -2.59. The summed E-state index contributed by atoms with van der Waals surface area (Å²) in [5.74, 6) is 2.68. The summed E-state index contributed by atoms with van der Waals surface area (Å²) in [6, 6.07) is 0. The first-order valence-electron chi connectivity index (χ1n) is 10.7. The lowest BCUT2D eigenvalue weighted by molar-refractivity contribution is -0.186. The highest BCUT2D eigenvalue weighted by molar-refractivity contribution is 5.13. The molecule has 0 aromatic heterocycles. The third-order valence-electron chi connectivity index (χ3n) is 9.71. The van der Waals surface area contributed by atoms with E-state index in [4.69, 9.17) is 0 Å². The standard InChI is InChI=1S/C22H38O3/c1-13(23)16-7-8-17-15-6-5-14-12-20(2,25)9-10-21(14,3)18(15)11-19(24)22(16,17)4/h13-19,23-25H,5-12H2,1-4H3/t13?,14-,15-,16+,17-,18-,19+,20+,21-,22+/m0/s1. The smallest absolute Gasteiger partial charge is 0.0622 e. The van der Waals surface area contributed by atoms with Crippen molar-refractivity contribution in [2.75, 3.05) is 0 Å². The second-order valence-electron chi connectivity index (χ2n) is 10.9. The van der Waals surface area contributed by atoms with Gasteiger partial charge in [-0.1, -0.05) is 13.8 Å². The molecule has 0 saturated heterocycles. The van der Waals surface area contributed by atoms with Crippen LogP contribution in [0.5, 0.6) is 0 Å². The molecule has 144 valence electrons. The van der Waals surface area contributed by atoms with Crippen molar-refractivity contribution in [2.45, 2.75) is 96.9 Å². The molecule has 0 radical (unpaired) electrons. The summed E-state index contributed by atoms with van der Waals surface area (Å²) in [7, 11) is 0. The van der Waals surface area contributed by atoms with Crippen LogP contribution in [0.1, 0.15) is 79.1 Å². The van der Waals surface area contributed by atoms with E-state index in [9.17, 15) is 15.3 Å². The Hall–Kier alpha value is -0.120. The number of aliphatic hydroxyl groups is 3. The highest BCUT2D eigenvalue weighted by Crippen LogP contribution is 2.68. The zero-order valence-electron chi connectivity index (χ0n) is 16.5. The highest BCUT2D eigenvalue weighted by Gasteiger charge is 2.64. The monoisotopic (exact) mass is 350 g/mol. The predicted octanol–water partition coefficient (Wildman–Crippen LogP) is 3.75. The van der Waals surface area contributed by atoms with Crippen LogP contribution in [0.2, 0.25) is 0 Å². The number of hydrogen-bond donors (Lipinski definition) is 3. The molecular weight excluding hydrogens is 312 g/mol. The van der Waals surface area contributed by atoms with Crippen LogP contribution in [0, 0.1) is 40.4 Å². The lowest BCUT2D eigenvalue weighted by atomic mass is 9.43. The molecule has 0 aromatic rings. The van der Waals surface area contributed by atoms with Crippen molar-refractivity contribution >= 4 is 0 Å². The Bertz CT molecular complexity index is 529. The molecule has 4 saturated carbocycles. The van der Waals surface area contributed by atoms with Crippen LogP contribution in [-0.4, -0.2) is 33.1 Å². The summed E-state index contributed by atoms with van der Waals surface area (Å²) in [5.41, 5.74) is -0.335. The van der Waals surface area contributed by atoms with Crippen molar-refractivity contribution in [3.63, 3.8) is 0 Å². The van der Waals surface area contributed by atoms with Crippen molar-refractivity contribution in [1.29, 1.82) is 0 Å². The van der Waals surface area contributed by atoms with Gasteiger partial charge in [0.15, 0.2) is 0 Å². The van der Waals surface area contributed by atoms with Gasteiger partial charge in [0.2, 0.25) is 0 Å². The van der Waals surface area contributed by atoms with Gasteiger partial charge < -0.3 is 15.3 Å². The molecule has 25 heavy (non-hydrogen) atoms. The predicted molar refractivity (Wildman–Crippen MR) is 98.9 cm³/mol. The molecule has 0 bridgehead atoms. The van der Waals surface area contributed by atoms with Crippen LogP contribution >= 0.6 is 0 Å². The zero-order valence-corrected chi connectivity index (χ0v) is 16.5. The van der Waals surface area contributed by atoms with Crippen LogP contribution in [0.15, 0.2) is 0 Å². The maximum atomic E-state index is 11.2. The fourth-order valence-corrected chi connectivity index (χ4v) is 8.22. The molecule has 3 N–H and O–H groups in total. The van der Waals surface area contributed by atoms with Crippen LogP contribution in [0.4, 0.5) is 0 Å². The zero-order chi connectivity index (χ0) is 18.2. The quantitative estimate of drug-likeness (QED) is 0.675. The normalized spacial score (nSPS) is 59.6. The minimum Gasteiger partial charge on any atom is -0.393 e. The Morgan fingerprint density at radius 2 is 1.68 bits per heavy atom. The molecule has 4 aliphatic carbocycles. The maximum absolute atomic E-state index is 11.2. The summed E-state index contributed by atoms with van der Waals surface area (Å²) in [6.45, 7) is 8.65. The largest absolute Gasteiger partial charge is 0.393 e. The number of aliphatic hydroxyl groups excluding tert-OH is 2. The van der Waals surface area contributed by atoms with Crippen molar-refractivity contribution < 1.29 is 15.3 Å². The average Bonchev–Trinajstić information content (AvgIpc) is 2.88. The van der Waals surface area contributed by atoms with Gasteiger partial charge in [-0.25, -0.2) is 0 Å². The van der Waals surface area contributed by atoms with Crippen LogP contribution in [0.25, 0.3) is 0 Å². The Morgan fingerprint density at radius 1 is 0.960 bits per heavy atom. The summed E-state index contributed by atoms with van der Waals surface area (Å²) in [4.78, 5) is 0. The Labute approximate surface area is 153 Å². The summed E-state index contributed by atoms with van der Waals surface area (Å²) in [6.07, 6.45) is 7.93. The molecule has 0 aliphatic heterocycles. The molecule has 4 rings (SSSR count). The van der Waals surface area contributed by atoms with Gasteiger partial charge in [0.25, 0.3) is 0 Å². The molecule has 0 aromatic carbocycles. The van der Waals surface area contributed by atoms with Gasteiger partial charge >= 0.3 is 0 Å². The van der Waals surface area contributed by atoms with Crippen molar-refractivity contribution in [2.24, 2.45) is 40.4 Å². The third-order valence-corrected chi connectivity index (χ3v) is 9.71. The van der Waals surface area contributed by atoms with Crippen molar-refractivity contribution in [3.8, 4) is 0 Å². The first-order valence-corrected chi connectivity index (χ1v) is 10.7. The molecule has 10 atom stereocenters. The second-order valence-corrected chi connectivity index (χ2v) is 10.9. The third kappa shape index (κ3) is 2.48. The van der Waals surface area contributed by atoms with Gasteiger partial charge in [0, 0.05) is 5.41 Å². The molecule has 3 nitrogen and oxygen atoms in total. The van der Waals surface area contributed by atoms with Crippen LogP contribution in [-0.2, 0) is 0 Å². The van der Waals surface area contributed by atoms with E-state index in [-0.39, 0.29) is 29.0 Å². The Balaban J connectivity index is 1.65. The van der Waals surface area contributed by atoms with Gasteiger partial charge in [-0.05, 0) is 100 Å². The molecule has 0 spiro atoms. The molecule has 3 heteroatoms. The average molecular weight is 351 g/mol. The van der Waals surface area contributed by atoms with E-state index in [1.165, 1.54) is 19.3 Å². The van der Waals surface area contributed by atoms with E-state index in [1.807, 2.05) is 13.8 Å². The fourth-order valence-electron chi connectivity index (χ4n) is 8.22. The number of hydrogen-bond acceptors (Lipinski definition) is 3.